The minimum atomic E-state index is 0.219. The number of hydrogen-bond donors (Lipinski definition) is 0. The van der Waals surface area contributed by atoms with Crippen molar-refractivity contribution in [3.05, 3.63) is 19.2 Å². The van der Waals surface area contributed by atoms with Gasteiger partial charge in [-0.3, -0.25) is 9.69 Å². The van der Waals surface area contributed by atoms with Gasteiger partial charge < -0.3 is 0 Å². The van der Waals surface area contributed by atoms with Gasteiger partial charge in [-0.05, 0) is 75.7 Å². The molecule has 0 bridgehead atoms. The van der Waals surface area contributed by atoms with Crippen LogP contribution in [0.3, 0.4) is 0 Å². The second-order valence-corrected chi connectivity index (χ2v) is 9.27. The Morgan fingerprint density at radius 3 is 2.53 bits per heavy atom. The van der Waals surface area contributed by atoms with Gasteiger partial charge in [-0.2, -0.15) is 0 Å². The zero-order chi connectivity index (χ0) is 14.0. The molecule has 19 heavy (non-hydrogen) atoms. The summed E-state index contributed by atoms with van der Waals surface area (Å²) in [7, 11) is 0. The molecule has 1 saturated heterocycles. The lowest BCUT2D eigenvalue weighted by Crippen LogP contribution is -2.38. The zero-order valence-electron chi connectivity index (χ0n) is 11.3. The van der Waals surface area contributed by atoms with Crippen molar-refractivity contribution in [2.24, 2.45) is 11.8 Å². The third kappa shape index (κ3) is 4.13. The van der Waals surface area contributed by atoms with E-state index in [-0.39, 0.29) is 5.78 Å². The highest BCUT2D eigenvalue weighted by Gasteiger charge is 2.24. The molecule has 0 saturated carbocycles. The van der Waals surface area contributed by atoms with Gasteiger partial charge in [0.2, 0.25) is 0 Å². The van der Waals surface area contributed by atoms with Gasteiger partial charge in [0, 0.05) is 5.56 Å². The lowest BCUT2D eigenvalue weighted by Gasteiger charge is -2.33. The summed E-state index contributed by atoms with van der Waals surface area (Å²) in [6, 6.07) is 1.91. The summed E-state index contributed by atoms with van der Waals surface area (Å²) in [6.45, 7) is 7.25. The van der Waals surface area contributed by atoms with E-state index in [1.54, 1.807) is 11.3 Å². The maximum absolute atomic E-state index is 12.3. The first-order valence-corrected chi connectivity index (χ1v) is 9.08. The van der Waals surface area contributed by atoms with E-state index in [2.05, 4.69) is 50.6 Å². The minimum absolute atomic E-state index is 0.219. The molecule has 0 radical (unpaired) electrons. The van der Waals surface area contributed by atoms with Crippen molar-refractivity contribution in [1.29, 1.82) is 0 Å². The summed E-state index contributed by atoms with van der Waals surface area (Å²) in [4.78, 5) is 14.6. The first-order chi connectivity index (χ1) is 8.97. The summed E-state index contributed by atoms with van der Waals surface area (Å²) < 4.78 is 1.93. The summed E-state index contributed by atoms with van der Waals surface area (Å²) in [6.07, 6.45) is 2.44. The largest absolute Gasteiger partial charge is 0.296 e. The van der Waals surface area contributed by atoms with Crippen LogP contribution in [0.2, 0.25) is 0 Å². The van der Waals surface area contributed by atoms with Crippen molar-refractivity contribution >= 4 is 49.0 Å². The Morgan fingerprint density at radius 1 is 1.42 bits per heavy atom. The molecular weight excluding hydrogens is 390 g/mol. The Balaban J connectivity index is 1.89. The van der Waals surface area contributed by atoms with Gasteiger partial charge in [0.05, 0.1) is 14.1 Å². The van der Waals surface area contributed by atoms with Crippen LogP contribution >= 0.6 is 43.2 Å². The number of halogens is 2. The quantitative estimate of drug-likeness (QED) is 0.665. The third-order valence-corrected chi connectivity index (χ3v) is 6.24. The number of piperidine rings is 1. The standard InChI is InChI=1S/C14H19Br2NOS/c1-9(2)10-3-5-17(6-4-10)8-12(18)11-7-13(15)19-14(11)16/h7,9-10H,3-6,8H2,1-2H3. The van der Waals surface area contributed by atoms with E-state index in [1.165, 1.54) is 12.8 Å². The van der Waals surface area contributed by atoms with E-state index in [1.807, 2.05) is 6.07 Å². The molecule has 0 unspecified atom stereocenters. The fourth-order valence-corrected chi connectivity index (χ4v) is 5.45. The predicted molar refractivity (Wildman–Crippen MR) is 88.1 cm³/mol. The SMILES string of the molecule is CC(C)C1CCN(CC(=O)c2cc(Br)sc2Br)CC1. The molecule has 1 aromatic heterocycles. The van der Waals surface area contributed by atoms with Crippen molar-refractivity contribution < 1.29 is 4.79 Å². The van der Waals surface area contributed by atoms with Crippen molar-refractivity contribution in [2.45, 2.75) is 26.7 Å². The molecule has 1 fully saturated rings. The van der Waals surface area contributed by atoms with Crippen LogP contribution in [0.15, 0.2) is 13.6 Å². The number of likely N-dealkylation sites (tertiary alicyclic amines) is 1. The van der Waals surface area contributed by atoms with E-state index in [4.69, 9.17) is 0 Å². The zero-order valence-corrected chi connectivity index (χ0v) is 15.3. The predicted octanol–water partition coefficient (Wildman–Crippen LogP) is 4.82. The van der Waals surface area contributed by atoms with Crippen molar-refractivity contribution in [3.63, 3.8) is 0 Å². The maximum atomic E-state index is 12.3. The van der Waals surface area contributed by atoms with Crippen LogP contribution < -0.4 is 0 Å². The highest BCUT2D eigenvalue weighted by molar-refractivity contribution is 9.12. The molecule has 0 atom stereocenters. The van der Waals surface area contributed by atoms with Crippen LogP contribution in [0.4, 0.5) is 0 Å². The minimum Gasteiger partial charge on any atom is -0.296 e. The van der Waals surface area contributed by atoms with Gasteiger partial charge in [0.15, 0.2) is 5.78 Å². The number of rotatable bonds is 4. The molecule has 2 heterocycles. The number of thiophene rings is 1. The van der Waals surface area contributed by atoms with Crippen LogP contribution in [0, 0.1) is 11.8 Å². The first-order valence-electron chi connectivity index (χ1n) is 6.67. The van der Waals surface area contributed by atoms with Gasteiger partial charge in [0.1, 0.15) is 0 Å². The summed E-state index contributed by atoms with van der Waals surface area (Å²) in [5, 5.41) is 0. The fourth-order valence-electron chi connectivity index (χ4n) is 2.60. The normalized spacial score (nSPS) is 18.2. The Hall–Kier alpha value is 0.290. The Labute approximate surface area is 135 Å². The van der Waals surface area contributed by atoms with Crippen LogP contribution in [0.5, 0.6) is 0 Å². The molecule has 2 nitrogen and oxygen atoms in total. The molecule has 1 aliphatic rings. The molecule has 0 amide bonds. The summed E-state index contributed by atoms with van der Waals surface area (Å²) >= 11 is 8.44. The smallest absolute Gasteiger partial charge is 0.178 e. The topological polar surface area (TPSA) is 20.3 Å². The first kappa shape index (κ1) is 15.7. The van der Waals surface area contributed by atoms with Gasteiger partial charge in [-0.1, -0.05) is 13.8 Å². The van der Waals surface area contributed by atoms with Gasteiger partial charge in [-0.25, -0.2) is 0 Å². The second kappa shape index (κ2) is 6.83. The van der Waals surface area contributed by atoms with E-state index >= 15 is 0 Å². The fraction of sp³-hybridized carbons (Fsp3) is 0.643. The maximum Gasteiger partial charge on any atom is 0.178 e. The third-order valence-electron chi connectivity index (χ3n) is 3.90. The average molecular weight is 409 g/mol. The number of carbonyl (C=O) groups excluding carboxylic acids is 1. The molecular formula is C14H19Br2NOS. The monoisotopic (exact) mass is 407 g/mol. The lowest BCUT2D eigenvalue weighted by atomic mass is 9.86. The van der Waals surface area contributed by atoms with Gasteiger partial charge >= 0.3 is 0 Å². The number of Topliss-reactive ketones (excluding diaryl/α,β-unsaturated/α-hetero) is 1. The number of nitrogens with zero attached hydrogens (tertiary/aromatic N) is 1. The molecule has 0 aromatic carbocycles. The van der Waals surface area contributed by atoms with Crippen molar-refractivity contribution in [1.82, 2.24) is 4.90 Å². The van der Waals surface area contributed by atoms with Crippen LogP contribution in [0.1, 0.15) is 37.0 Å². The van der Waals surface area contributed by atoms with E-state index < -0.39 is 0 Å². The molecule has 106 valence electrons. The van der Waals surface area contributed by atoms with Crippen LogP contribution in [0.25, 0.3) is 0 Å². The lowest BCUT2D eigenvalue weighted by molar-refractivity contribution is 0.0879. The number of hydrogen-bond acceptors (Lipinski definition) is 3. The average Bonchev–Trinajstić information content (AvgIpc) is 2.69. The van der Waals surface area contributed by atoms with Crippen LogP contribution in [-0.2, 0) is 0 Å². The molecule has 0 aliphatic carbocycles. The number of carbonyl (C=O) groups is 1. The van der Waals surface area contributed by atoms with Gasteiger partial charge in [-0.15, -0.1) is 11.3 Å². The molecule has 1 aromatic rings. The Bertz CT molecular complexity index is 450. The van der Waals surface area contributed by atoms with Gasteiger partial charge in [0.25, 0.3) is 0 Å². The highest BCUT2D eigenvalue weighted by Crippen LogP contribution is 2.32. The molecule has 2 rings (SSSR count). The highest BCUT2D eigenvalue weighted by atomic mass is 79.9. The molecule has 1 aliphatic heterocycles. The molecule has 0 N–H and O–H groups in total. The molecule has 0 spiro atoms. The van der Waals surface area contributed by atoms with Crippen LogP contribution in [-0.4, -0.2) is 30.3 Å². The van der Waals surface area contributed by atoms with E-state index in [0.717, 1.165) is 38.1 Å². The molecule has 5 heteroatoms. The second-order valence-electron chi connectivity index (χ2n) is 5.52. The Morgan fingerprint density at radius 2 is 2.05 bits per heavy atom. The summed E-state index contributed by atoms with van der Waals surface area (Å²) in [5.41, 5.74) is 0.808. The van der Waals surface area contributed by atoms with E-state index in [9.17, 15) is 4.79 Å². The Kier molecular flexibility index (Phi) is 5.64. The number of ketones is 1. The van der Waals surface area contributed by atoms with Crippen molar-refractivity contribution in [2.75, 3.05) is 19.6 Å². The van der Waals surface area contributed by atoms with E-state index in [0.29, 0.717) is 6.54 Å². The van der Waals surface area contributed by atoms with Crippen molar-refractivity contribution in [3.8, 4) is 0 Å². The summed E-state index contributed by atoms with van der Waals surface area (Å²) in [5.74, 6) is 1.81.